The van der Waals surface area contributed by atoms with Crippen LogP contribution in [-0.4, -0.2) is 100 Å². The number of aliphatic hydroxyl groups excluding tert-OH is 1. The molecule has 1 atom stereocenters. The number of aliphatic hydroxyl groups is 2. The Hall–Kier alpha value is -6.88. The summed E-state index contributed by atoms with van der Waals surface area (Å²) in [5.74, 6) is -2.18. The maximum atomic E-state index is 15.3. The summed E-state index contributed by atoms with van der Waals surface area (Å²) in [7, 11) is 1.50. The number of nitrogens with zero attached hydrogens (tertiary/aromatic N) is 5. The summed E-state index contributed by atoms with van der Waals surface area (Å²) in [4.78, 5) is 66.3. The molecule has 1 aromatic heterocycles. The SMILES string of the molecule is COc1ccc(C(=O)N2CCC3(CCN(Cc4ccc(C5=Cc6c(ncnc6-c6cc(F)cc(NC(=O)c7ccc(C(C)(C)O)cc7F)c6C)C5)cc4)C[C@H]3CO)CC2)cc1N1CCC(=O)NC1=O. The van der Waals surface area contributed by atoms with E-state index in [1.165, 1.54) is 56.4 Å². The second-order valence-electron chi connectivity index (χ2n) is 19.1. The van der Waals surface area contributed by atoms with Crippen molar-refractivity contribution in [1.82, 2.24) is 25.1 Å². The van der Waals surface area contributed by atoms with Gasteiger partial charge in [-0.1, -0.05) is 30.3 Å². The van der Waals surface area contributed by atoms with E-state index < -0.39 is 29.2 Å². The van der Waals surface area contributed by atoms with Crippen LogP contribution in [-0.2, 0) is 23.4 Å². The summed E-state index contributed by atoms with van der Waals surface area (Å²) in [6.07, 6.45) is 6.60. The van der Waals surface area contributed by atoms with Crippen LogP contribution < -0.4 is 20.3 Å². The molecule has 16 heteroatoms. The first-order valence-electron chi connectivity index (χ1n) is 23.2. The van der Waals surface area contributed by atoms with Crippen LogP contribution in [0.4, 0.5) is 25.0 Å². The lowest BCUT2D eigenvalue weighted by Crippen LogP contribution is -2.54. The molecule has 0 bridgehead atoms. The number of fused-ring (bicyclic) bond motifs is 1. The minimum atomic E-state index is -1.30. The standard InChI is InChI=1S/C53H55F2N7O7/c1-31-40(25-38(54)26-43(31)58-49(65)39-11-10-36(24-42(39)55)52(2,3)68)48-41-21-35(22-44(41)56-30-57-48)33-7-5-32(6-8-33)27-60-18-14-53(37(28-60)29-63)15-19-61(20-16-53)50(66)34-9-12-46(69-4)45(23-34)62-17-13-47(64)59-51(62)67/h5-12,21,23-26,30,37,63,68H,13-20,22,27-29H2,1-4H3,(H,58,65)(H,59,64,67)/t37-/m0/s1. The van der Waals surface area contributed by atoms with E-state index in [1.807, 2.05) is 11.0 Å². The van der Waals surface area contributed by atoms with Gasteiger partial charge in [-0.05, 0) is 128 Å². The minimum Gasteiger partial charge on any atom is -0.495 e. The first-order chi connectivity index (χ1) is 33.0. The fraction of sp³-hybridized carbons (Fsp3) is 0.358. The summed E-state index contributed by atoms with van der Waals surface area (Å²) < 4.78 is 35.8. The first kappa shape index (κ1) is 47.2. The van der Waals surface area contributed by atoms with Gasteiger partial charge in [-0.25, -0.2) is 23.5 Å². The van der Waals surface area contributed by atoms with Gasteiger partial charge in [0.15, 0.2) is 0 Å². The van der Waals surface area contributed by atoms with Gasteiger partial charge >= 0.3 is 6.03 Å². The number of aromatic nitrogens is 2. The fourth-order valence-corrected chi connectivity index (χ4v) is 10.3. The Morgan fingerprint density at radius 3 is 2.41 bits per heavy atom. The lowest BCUT2D eigenvalue weighted by Gasteiger charge is -2.51. The van der Waals surface area contributed by atoms with Crippen LogP contribution in [0.5, 0.6) is 5.75 Å². The molecule has 4 aliphatic rings. The van der Waals surface area contributed by atoms with Crippen LogP contribution in [0.15, 0.2) is 79.1 Å². The number of likely N-dealkylation sites (tertiary alicyclic amines) is 2. The molecule has 69 heavy (non-hydrogen) atoms. The average molecular weight is 940 g/mol. The maximum absolute atomic E-state index is 15.3. The lowest BCUT2D eigenvalue weighted by molar-refractivity contribution is -0.120. The highest BCUT2D eigenvalue weighted by Crippen LogP contribution is 2.46. The van der Waals surface area contributed by atoms with Crippen LogP contribution in [0.2, 0.25) is 0 Å². The Balaban J connectivity index is 0.831. The molecule has 4 aromatic carbocycles. The fourth-order valence-electron chi connectivity index (χ4n) is 10.3. The predicted molar refractivity (Wildman–Crippen MR) is 256 cm³/mol. The molecule has 4 N–H and O–H groups in total. The summed E-state index contributed by atoms with van der Waals surface area (Å²) in [6, 6.07) is 19.3. The van der Waals surface area contributed by atoms with Crippen molar-refractivity contribution in [1.29, 1.82) is 0 Å². The van der Waals surface area contributed by atoms with Crippen molar-refractivity contribution in [2.45, 2.75) is 65.0 Å². The molecule has 4 heterocycles. The molecule has 3 fully saturated rings. The number of imide groups is 1. The number of carbonyl (C=O) groups excluding carboxylic acids is 4. The summed E-state index contributed by atoms with van der Waals surface area (Å²) >= 11 is 0. The quantitative estimate of drug-likeness (QED) is 0.104. The average Bonchev–Trinajstić information content (AvgIpc) is 3.78. The molecule has 0 saturated carbocycles. The monoisotopic (exact) mass is 939 g/mol. The zero-order chi connectivity index (χ0) is 48.8. The smallest absolute Gasteiger partial charge is 0.328 e. The third-order valence-corrected chi connectivity index (χ3v) is 14.5. The highest BCUT2D eigenvalue weighted by molar-refractivity contribution is 6.07. The van der Waals surface area contributed by atoms with Gasteiger partial charge in [0, 0.05) is 80.5 Å². The highest BCUT2D eigenvalue weighted by atomic mass is 19.1. The topological polar surface area (TPSA) is 178 Å². The van der Waals surface area contributed by atoms with Crippen molar-refractivity contribution in [3.05, 3.63) is 135 Å². The Morgan fingerprint density at radius 1 is 0.957 bits per heavy atom. The van der Waals surface area contributed by atoms with Crippen LogP contribution in [0.1, 0.15) is 93.8 Å². The maximum Gasteiger partial charge on any atom is 0.328 e. The first-order valence-corrected chi connectivity index (χ1v) is 23.2. The van der Waals surface area contributed by atoms with E-state index >= 15 is 8.78 Å². The van der Waals surface area contributed by atoms with Crippen molar-refractivity contribution < 1.29 is 42.9 Å². The van der Waals surface area contributed by atoms with Gasteiger partial charge in [-0.2, -0.15) is 0 Å². The summed E-state index contributed by atoms with van der Waals surface area (Å²) in [5, 5.41) is 26.0. The van der Waals surface area contributed by atoms with Crippen LogP contribution in [0.25, 0.3) is 22.9 Å². The van der Waals surface area contributed by atoms with Crippen LogP contribution >= 0.6 is 0 Å². The number of anilines is 2. The molecule has 358 valence electrons. The Bertz CT molecular complexity index is 2890. The number of nitrogens with one attached hydrogen (secondary N) is 2. The van der Waals surface area contributed by atoms with Crippen LogP contribution in [0.3, 0.4) is 0 Å². The number of allylic oxidation sites excluding steroid dienone is 1. The van der Waals surface area contributed by atoms with E-state index in [0.717, 1.165) is 66.4 Å². The molecular weight excluding hydrogens is 885 g/mol. The number of hydrogen-bond donors (Lipinski definition) is 4. The number of methoxy groups -OCH3 is 1. The molecule has 1 aliphatic carbocycles. The van der Waals surface area contributed by atoms with E-state index in [9.17, 15) is 29.4 Å². The zero-order valence-electron chi connectivity index (χ0n) is 39.1. The number of urea groups is 1. The third-order valence-electron chi connectivity index (χ3n) is 14.5. The molecule has 0 radical (unpaired) electrons. The van der Waals surface area contributed by atoms with Gasteiger partial charge in [0.1, 0.15) is 23.7 Å². The van der Waals surface area contributed by atoms with E-state index in [0.29, 0.717) is 65.4 Å². The molecule has 3 aliphatic heterocycles. The molecule has 14 nitrogen and oxygen atoms in total. The number of ether oxygens (including phenoxy) is 1. The van der Waals surface area contributed by atoms with Crippen molar-refractivity contribution in [2.24, 2.45) is 11.3 Å². The second-order valence-corrected chi connectivity index (χ2v) is 19.1. The predicted octanol–water partition coefficient (Wildman–Crippen LogP) is 7.50. The third kappa shape index (κ3) is 9.48. The number of benzene rings is 4. The largest absolute Gasteiger partial charge is 0.495 e. The number of rotatable bonds is 11. The van der Waals surface area contributed by atoms with Crippen molar-refractivity contribution in [3.63, 3.8) is 0 Å². The van der Waals surface area contributed by atoms with E-state index in [4.69, 9.17) is 4.74 Å². The zero-order valence-corrected chi connectivity index (χ0v) is 39.1. The molecule has 5 aromatic rings. The van der Waals surface area contributed by atoms with Gasteiger partial charge in [0.25, 0.3) is 11.8 Å². The van der Waals surface area contributed by atoms with E-state index in [1.54, 1.807) is 25.1 Å². The van der Waals surface area contributed by atoms with Gasteiger partial charge in [-0.15, -0.1) is 0 Å². The van der Waals surface area contributed by atoms with Crippen molar-refractivity contribution >= 4 is 46.8 Å². The van der Waals surface area contributed by atoms with Gasteiger partial charge in [-0.3, -0.25) is 29.5 Å². The molecule has 9 rings (SSSR count). The molecule has 1 spiro atoms. The summed E-state index contributed by atoms with van der Waals surface area (Å²) in [5.41, 5.74) is 5.95. The van der Waals surface area contributed by atoms with E-state index in [2.05, 4.69) is 49.8 Å². The minimum absolute atomic E-state index is 0.0443. The Kier molecular flexibility index (Phi) is 12.9. The van der Waals surface area contributed by atoms with Gasteiger partial charge in [0.2, 0.25) is 5.91 Å². The summed E-state index contributed by atoms with van der Waals surface area (Å²) in [6.45, 7) is 8.42. The molecule has 3 saturated heterocycles. The number of halogens is 2. The number of carbonyl (C=O) groups is 4. The van der Waals surface area contributed by atoms with Crippen molar-refractivity contribution in [2.75, 3.05) is 56.7 Å². The van der Waals surface area contributed by atoms with Gasteiger partial charge in [0.05, 0.1) is 35.3 Å². The number of amides is 5. The molecule has 5 amide bonds. The lowest BCUT2D eigenvalue weighted by atomic mass is 9.64. The van der Waals surface area contributed by atoms with E-state index in [-0.39, 0.29) is 54.0 Å². The number of hydrogen-bond acceptors (Lipinski definition) is 10. The Morgan fingerprint density at radius 2 is 1.71 bits per heavy atom. The van der Waals surface area contributed by atoms with Crippen LogP contribution in [0, 0.1) is 29.9 Å². The molecule has 0 unspecified atom stereocenters. The normalized spacial score (nSPS) is 18.2. The molecular formula is C53H55F2N7O7. The second kappa shape index (κ2) is 18.9. The van der Waals surface area contributed by atoms with Crippen molar-refractivity contribution in [3.8, 4) is 17.0 Å². The number of piperidine rings is 2. The van der Waals surface area contributed by atoms with Gasteiger partial charge < -0.3 is 25.2 Å². The highest BCUT2D eigenvalue weighted by Gasteiger charge is 2.45. The Labute approximate surface area is 399 Å².